The van der Waals surface area contributed by atoms with Gasteiger partial charge in [0.05, 0.1) is 11.4 Å². The van der Waals surface area contributed by atoms with Crippen LogP contribution in [0.25, 0.3) is 5.69 Å². The predicted octanol–water partition coefficient (Wildman–Crippen LogP) is 2.81. The van der Waals surface area contributed by atoms with Crippen LogP contribution in [0.3, 0.4) is 0 Å². The molecule has 0 aliphatic rings. The van der Waals surface area contributed by atoms with Gasteiger partial charge in [-0.25, -0.2) is 0 Å². The van der Waals surface area contributed by atoms with Gasteiger partial charge in [0.2, 0.25) is 5.91 Å². The van der Waals surface area contributed by atoms with Crippen molar-refractivity contribution in [2.24, 2.45) is 0 Å². The van der Waals surface area contributed by atoms with Crippen molar-refractivity contribution in [3.8, 4) is 5.69 Å². The molecule has 0 aliphatic heterocycles. The van der Waals surface area contributed by atoms with Crippen LogP contribution in [0.4, 0.5) is 0 Å². The highest BCUT2D eigenvalue weighted by Gasteiger charge is 2.15. The molecule has 0 spiro atoms. The van der Waals surface area contributed by atoms with Crippen molar-refractivity contribution in [1.82, 2.24) is 20.1 Å². The van der Waals surface area contributed by atoms with Gasteiger partial charge in [-0.1, -0.05) is 23.9 Å². The molecular weight excluding hydrogens is 296 g/mol. The van der Waals surface area contributed by atoms with Crippen LogP contribution in [0.5, 0.6) is 0 Å². The zero-order valence-corrected chi connectivity index (χ0v) is 14.5. The van der Waals surface area contributed by atoms with Gasteiger partial charge < -0.3 is 5.32 Å². The number of hydrogen-bond acceptors (Lipinski definition) is 4. The van der Waals surface area contributed by atoms with Crippen LogP contribution in [-0.2, 0) is 4.79 Å². The third-order valence-corrected chi connectivity index (χ3v) is 4.11. The summed E-state index contributed by atoms with van der Waals surface area (Å²) in [5, 5.41) is 12.0. The molecule has 1 amide bonds. The standard InChI is InChI=1S/C16H22N4OS/c1-10(2)17-15(21)9-22-16-19-18-13(5)20(16)14-8-11(3)6-7-12(14)4/h6-8,10H,9H2,1-5H3,(H,17,21). The molecule has 0 saturated carbocycles. The molecule has 0 radical (unpaired) electrons. The minimum absolute atomic E-state index is 0.00756. The van der Waals surface area contributed by atoms with Gasteiger partial charge in [0.15, 0.2) is 5.16 Å². The lowest BCUT2D eigenvalue weighted by molar-refractivity contribution is -0.119. The van der Waals surface area contributed by atoms with E-state index in [0.29, 0.717) is 5.75 Å². The lowest BCUT2D eigenvalue weighted by Gasteiger charge is -2.12. The van der Waals surface area contributed by atoms with Gasteiger partial charge in [-0.2, -0.15) is 0 Å². The van der Waals surface area contributed by atoms with E-state index in [1.807, 2.05) is 25.3 Å². The largest absolute Gasteiger partial charge is 0.353 e. The van der Waals surface area contributed by atoms with Gasteiger partial charge in [0, 0.05) is 6.04 Å². The fourth-order valence-electron chi connectivity index (χ4n) is 2.17. The van der Waals surface area contributed by atoms with E-state index in [0.717, 1.165) is 22.2 Å². The smallest absolute Gasteiger partial charge is 0.230 e. The minimum atomic E-state index is 0.00756. The Kier molecular flexibility index (Phi) is 5.24. The monoisotopic (exact) mass is 318 g/mol. The van der Waals surface area contributed by atoms with E-state index in [4.69, 9.17) is 0 Å². The lowest BCUT2D eigenvalue weighted by atomic mass is 10.1. The predicted molar refractivity (Wildman–Crippen MR) is 89.6 cm³/mol. The Bertz CT molecular complexity index is 679. The van der Waals surface area contributed by atoms with Crippen molar-refractivity contribution in [1.29, 1.82) is 0 Å². The molecule has 0 unspecified atom stereocenters. The van der Waals surface area contributed by atoms with Gasteiger partial charge in [0.1, 0.15) is 5.82 Å². The summed E-state index contributed by atoms with van der Waals surface area (Å²) in [6.45, 7) is 9.95. The van der Waals surface area contributed by atoms with E-state index in [2.05, 4.69) is 47.6 Å². The van der Waals surface area contributed by atoms with Gasteiger partial charge in [-0.3, -0.25) is 9.36 Å². The number of hydrogen-bond donors (Lipinski definition) is 1. The molecule has 118 valence electrons. The number of nitrogens with zero attached hydrogens (tertiary/aromatic N) is 3. The summed E-state index contributed by atoms with van der Waals surface area (Å²) in [7, 11) is 0. The number of rotatable bonds is 5. The van der Waals surface area contributed by atoms with Crippen molar-refractivity contribution < 1.29 is 4.79 Å². The van der Waals surface area contributed by atoms with Crippen LogP contribution < -0.4 is 5.32 Å². The van der Waals surface area contributed by atoms with Crippen LogP contribution in [0, 0.1) is 20.8 Å². The maximum atomic E-state index is 11.8. The zero-order valence-electron chi connectivity index (χ0n) is 13.7. The Balaban J connectivity index is 2.25. The SMILES string of the molecule is Cc1ccc(C)c(-n2c(C)nnc2SCC(=O)NC(C)C)c1. The molecule has 22 heavy (non-hydrogen) atoms. The first-order valence-electron chi connectivity index (χ1n) is 7.30. The van der Waals surface area contributed by atoms with Crippen LogP contribution in [0.1, 0.15) is 30.8 Å². The first kappa shape index (κ1) is 16.5. The van der Waals surface area contributed by atoms with Crippen LogP contribution in [0.15, 0.2) is 23.4 Å². The number of carbonyl (C=O) groups excluding carboxylic acids is 1. The van der Waals surface area contributed by atoms with Crippen molar-refractivity contribution >= 4 is 17.7 Å². The van der Waals surface area contributed by atoms with E-state index in [-0.39, 0.29) is 11.9 Å². The number of benzene rings is 1. The Morgan fingerprint density at radius 1 is 1.27 bits per heavy atom. The highest BCUT2D eigenvalue weighted by molar-refractivity contribution is 7.99. The second kappa shape index (κ2) is 6.96. The number of carbonyl (C=O) groups is 1. The molecule has 2 aromatic rings. The second-order valence-electron chi connectivity index (χ2n) is 5.67. The first-order chi connectivity index (χ1) is 10.4. The third-order valence-electron chi connectivity index (χ3n) is 3.18. The second-order valence-corrected chi connectivity index (χ2v) is 6.61. The molecule has 2 rings (SSSR count). The molecule has 0 fully saturated rings. The van der Waals surface area contributed by atoms with Gasteiger partial charge >= 0.3 is 0 Å². The maximum Gasteiger partial charge on any atom is 0.230 e. The van der Waals surface area contributed by atoms with E-state index < -0.39 is 0 Å². The van der Waals surface area contributed by atoms with Crippen LogP contribution in [0.2, 0.25) is 0 Å². The summed E-state index contributed by atoms with van der Waals surface area (Å²) < 4.78 is 2.01. The number of thioether (sulfide) groups is 1. The normalized spacial score (nSPS) is 11.0. The fourth-order valence-corrected chi connectivity index (χ4v) is 2.97. The number of aryl methyl sites for hydroxylation is 3. The Labute approximate surface area is 135 Å². The Hall–Kier alpha value is -1.82. The van der Waals surface area contributed by atoms with Gasteiger partial charge in [0.25, 0.3) is 0 Å². The van der Waals surface area contributed by atoms with E-state index in [1.165, 1.54) is 17.3 Å². The van der Waals surface area contributed by atoms with Gasteiger partial charge in [-0.15, -0.1) is 10.2 Å². The minimum Gasteiger partial charge on any atom is -0.353 e. The lowest BCUT2D eigenvalue weighted by Crippen LogP contribution is -2.31. The van der Waals surface area contributed by atoms with Crippen molar-refractivity contribution in [2.45, 2.75) is 45.8 Å². The molecule has 0 atom stereocenters. The van der Waals surface area contributed by atoms with Crippen LogP contribution in [-0.4, -0.2) is 32.5 Å². The summed E-state index contributed by atoms with van der Waals surface area (Å²) >= 11 is 1.40. The van der Waals surface area contributed by atoms with Crippen molar-refractivity contribution in [3.05, 3.63) is 35.2 Å². The van der Waals surface area contributed by atoms with Crippen molar-refractivity contribution in [3.63, 3.8) is 0 Å². The number of nitrogens with one attached hydrogen (secondary N) is 1. The molecule has 5 nitrogen and oxygen atoms in total. The summed E-state index contributed by atoms with van der Waals surface area (Å²) in [4.78, 5) is 11.8. The molecule has 1 heterocycles. The number of aromatic nitrogens is 3. The molecule has 1 aromatic heterocycles. The molecule has 1 aromatic carbocycles. The number of amides is 1. The molecule has 6 heteroatoms. The molecular formula is C16H22N4OS. The van der Waals surface area contributed by atoms with E-state index in [1.54, 1.807) is 0 Å². The average Bonchev–Trinajstić information content (AvgIpc) is 2.79. The highest BCUT2D eigenvalue weighted by Crippen LogP contribution is 2.24. The molecule has 0 saturated heterocycles. The molecule has 0 bridgehead atoms. The third kappa shape index (κ3) is 3.88. The summed E-state index contributed by atoms with van der Waals surface area (Å²) in [5.74, 6) is 1.16. The van der Waals surface area contributed by atoms with Gasteiger partial charge in [-0.05, 0) is 51.8 Å². The topological polar surface area (TPSA) is 59.8 Å². The Morgan fingerprint density at radius 3 is 2.68 bits per heavy atom. The van der Waals surface area contributed by atoms with E-state index >= 15 is 0 Å². The summed E-state index contributed by atoms with van der Waals surface area (Å²) in [5.41, 5.74) is 3.40. The quantitative estimate of drug-likeness (QED) is 0.861. The highest BCUT2D eigenvalue weighted by atomic mass is 32.2. The van der Waals surface area contributed by atoms with E-state index in [9.17, 15) is 4.79 Å². The Morgan fingerprint density at radius 2 is 2.00 bits per heavy atom. The maximum absolute atomic E-state index is 11.8. The fraction of sp³-hybridized carbons (Fsp3) is 0.438. The summed E-state index contributed by atoms with van der Waals surface area (Å²) in [6.07, 6.45) is 0. The van der Waals surface area contributed by atoms with Crippen LogP contribution >= 0.6 is 11.8 Å². The average molecular weight is 318 g/mol. The first-order valence-corrected chi connectivity index (χ1v) is 8.29. The summed E-state index contributed by atoms with van der Waals surface area (Å²) in [6, 6.07) is 6.43. The molecule has 1 N–H and O–H groups in total. The molecule has 0 aliphatic carbocycles. The zero-order chi connectivity index (χ0) is 16.3. The van der Waals surface area contributed by atoms with Crippen molar-refractivity contribution in [2.75, 3.05) is 5.75 Å².